The molecule has 0 heterocycles. The number of hydrogen-bond donors (Lipinski definition) is 1. The van der Waals surface area contributed by atoms with Crippen LogP contribution in [0.3, 0.4) is 0 Å². The Morgan fingerprint density at radius 3 is 2.47 bits per heavy atom. The van der Waals surface area contributed by atoms with Crippen molar-refractivity contribution in [2.75, 3.05) is 6.54 Å². The highest BCUT2D eigenvalue weighted by Gasteiger charge is 2.04. The van der Waals surface area contributed by atoms with Crippen LogP contribution in [0.2, 0.25) is 5.02 Å². The molecule has 0 spiro atoms. The molecular formula is C15H15BrClNO. The third-order valence-electron chi connectivity index (χ3n) is 2.80. The number of benzene rings is 2. The first kappa shape index (κ1) is 14.4. The highest BCUT2D eigenvalue weighted by Crippen LogP contribution is 2.29. The van der Waals surface area contributed by atoms with Crippen molar-refractivity contribution in [3.05, 3.63) is 57.0 Å². The molecule has 0 fully saturated rings. The number of ether oxygens (including phenoxy) is 1. The van der Waals surface area contributed by atoms with E-state index in [0.29, 0.717) is 11.6 Å². The van der Waals surface area contributed by atoms with Crippen LogP contribution in [0.15, 0.2) is 40.9 Å². The van der Waals surface area contributed by atoms with Gasteiger partial charge in [0, 0.05) is 9.50 Å². The van der Waals surface area contributed by atoms with Crippen molar-refractivity contribution in [3.8, 4) is 11.5 Å². The van der Waals surface area contributed by atoms with Crippen LogP contribution in [0.1, 0.15) is 11.1 Å². The third-order valence-corrected chi connectivity index (χ3v) is 4.04. The second kappa shape index (κ2) is 6.42. The van der Waals surface area contributed by atoms with Crippen molar-refractivity contribution in [1.82, 2.24) is 0 Å². The van der Waals surface area contributed by atoms with Crippen LogP contribution in [0.4, 0.5) is 0 Å². The van der Waals surface area contributed by atoms with Crippen LogP contribution in [-0.4, -0.2) is 6.54 Å². The molecule has 0 unspecified atom stereocenters. The van der Waals surface area contributed by atoms with Gasteiger partial charge in [0.05, 0.1) is 0 Å². The lowest BCUT2D eigenvalue weighted by Crippen LogP contribution is -2.03. The van der Waals surface area contributed by atoms with Gasteiger partial charge in [-0.15, -0.1) is 0 Å². The van der Waals surface area contributed by atoms with Gasteiger partial charge in [-0.2, -0.15) is 0 Å². The van der Waals surface area contributed by atoms with Crippen LogP contribution in [-0.2, 0) is 6.42 Å². The fourth-order valence-corrected chi connectivity index (χ4v) is 2.28. The van der Waals surface area contributed by atoms with Crippen LogP contribution < -0.4 is 10.5 Å². The standard InChI is InChI=1S/C15H15BrClNO/c1-10-8-12(4-5-14(10)16)19-13-3-2-11(6-7-18)15(17)9-13/h2-5,8-9H,6-7,18H2,1H3. The molecule has 2 aromatic rings. The lowest BCUT2D eigenvalue weighted by atomic mass is 10.1. The molecule has 0 aliphatic rings. The molecule has 0 aromatic heterocycles. The van der Waals surface area contributed by atoms with Crippen molar-refractivity contribution >= 4 is 27.5 Å². The smallest absolute Gasteiger partial charge is 0.128 e. The van der Waals surface area contributed by atoms with E-state index in [9.17, 15) is 0 Å². The van der Waals surface area contributed by atoms with E-state index in [-0.39, 0.29) is 0 Å². The maximum Gasteiger partial charge on any atom is 0.128 e. The normalized spacial score (nSPS) is 10.5. The molecule has 0 saturated heterocycles. The zero-order valence-corrected chi connectivity index (χ0v) is 13.0. The Balaban J connectivity index is 2.19. The van der Waals surface area contributed by atoms with Crippen LogP contribution >= 0.6 is 27.5 Å². The van der Waals surface area contributed by atoms with Gasteiger partial charge in [-0.25, -0.2) is 0 Å². The first-order chi connectivity index (χ1) is 9.10. The molecule has 0 aliphatic heterocycles. The average Bonchev–Trinajstić information content (AvgIpc) is 2.37. The Hall–Kier alpha value is -1.03. The first-order valence-electron chi connectivity index (χ1n) is 6.02. The summed E-state index contributed by atoms with van der Waals surface area (Å²) in [5.74, 6) is 1.52. The van der Waals surface area contributed by atoms with Crippen LogP contribution in [0, 0.1) is 6.92 Å². The molecule has 19 heavy (non-hydrogen) atoms. The molecule has 0 amide bonds. The predicted molar refractivity (Wildman–Crippen MR) is 83.2 cm³/mol. The molecular weight excluding hydrogens is 326 g/mol. The summed E-state index contributed by atoms with van der Waals surface area (Å²) in [5.41, 5.74) is 7.70. The second-order valence-corrected chi connectivity index (χ2v) is 5.57. The van der Waals surface area contributed by atoms with Gasteiger partial charge in [0.2, 0.25) is 0 Å². The Morgan fingerprint density at radius 1 is 1.16 bits per heavy atom. The minimum atomic E-state index is 0.589. The topological polar surface area (TPSA) is 35.2 Å². The number of hydrogen-bond acceptors (Lipinski definition) is 2. The summed E-state index contributed by atoms with van der Waals surface area (Å²) in [5, 5.41) is 0.691. The summed E-state index contributed by atoms with van der Waals surface area (Å²) in [6.45, 7) is 2.61. The Kier molecular flexibility index (Phi) is 4.86. The molecule has 0 aliphatic carbocycles. The third kappa shape index (κ3) is 3.72. The summed E-state index contributed by atoms with van der Waals surface area (Å²) in [4.78, 5) is 0. The molecule has 2 aromatic carbocycles. The minimum Gasteiger partial charge on any atom is -0.457 e. The summed E-state index contributed by atoms with van der Waals surface area (Å²) in [6, 6.07) is 11.5. The Bertz CT molecular complexity index is 586. The summed E-state index contributed by atoms with van der Waals surface area (Å²) in [6.07, 6.45) is 0.774. The highest BCUT2D eigenvalue weighted by atomic mass is 79.9. The van der Waals surface area contributed by atoms with Crippen molar-refractivity contribution < 1.29 is 4.74 Å². The van der Waals surface area contributed by atoms with Gasteiger partial charge >= 0.3 is 0 Å². The monoisotopic (exact) mass is 339 g/mol. The number of aryl methyl sites for hydroxylation is 1. The van der Waals surface area contributed by atoms with E-state index in [1.54, 1.807) is 0 Å². The van der Waals surface area contributed by atoms with Gasteiger partial charge in [-0.05, 0) is 61.3 Å². The van der Waals surface area contributed by atoms with Crippen molar-refractivity contribution in [2.45, 2.75) is 13.3 Å². The van der Waals surface area contributed by atoms with Crippen LogP contribution in [0.5, 0.6) is 11.5 Å². The lowest BCUT2D eigenvalue weighted by Gasteiger charge is -2.09. The summed E-state index contributed by atoms with van der Waals surface area (Å²) >= 11 is 9.65. The van der Waals surface area contributed by atoms with E-state index in [0.717, 1.165) is 33.5 Å². The predicted octanol–water partition coefficient (Wildman–Crippen LogP) is 4.70. The Morgan fingerprint density at radius 2 is 1.84 bits per heavy atom. The lowest BCUT2D eigenvalue weighted by molar-refractivity contribution is 0.482. The number of rotatable bonds is 4. The van der Waals surface area contributed by atoms with Gasteiger partial charge in [0.1, 0.15) is 11.5 Å². The maximum atomic E-state index is 6.19. The summed E-state index contributed by atoms with van der Waals surface area (Å²) < 4.78 is 6.86. The van der Waals surface area contributed by atoms with E-state index in [1.165, 1.54) is 0 Å². The second-order valence-electron chi connectivity index (χ2n) is 4.30. The average molecular weight is 341 g/mol. The molecule has 0 bridgehead atoms. The van der Waals surface area contributed by atoms with Gasteiger partial charge in [0.15, 0.2) is 0 Å². The molecule has 0 radical (unpaired) electrons. The number of nitrogens with two attached hydrogens (primary N) is 1. The maximum absolute atomic E-state index is 6.19. The Labute approximate surface area is 126 Å². The zero-order valence-electron chi connectivity index (χ0n) is 10.6. The minimum absolute atomic E-state index is 0.589. The molecule has 0 atom stereocenters. The molecule has 2 N–H and O–H groups in total. The zero-order chi connectivity index (χ0) is 13.8. The van der Waals surface area contributed by atoms with E-state index in [1.807, 2.05) is 43.3 Å². The van der Waals surface area contributed by atoms with Crippen molar-refractivity contribution in [2.24, 2.45) is 5.73 Å². The van der Waals surface area contributed by atoms with Crippen molar-refractivity contribution in [1.29, 1.82) is 0 Å². The van der Waals surface area contributed by atoms with Crippen LogP contribution in [0.25, 0.3) is 0 Å². The molecule has 0 saturated carbocycles. The SMILES string of the molecule is Cc1cc(Oc2ccc(CCN)c(Cl)c2)ccc1Br. The van der Waals surface area contributed by atoms with Gasteiger partial charge in [0.25, 0.3) is 0 Å². The summed E-state index contributed by atoms with van der Waals surface area (Å²) in [7, 11) is 0. The van der Waals surface area contributed by atoms with Gasteiger partial charge in [-0.1, -0.05) is 33.6 Å². The van der Waals surface area contributed by atoms with E-state index in [2.05, 4.69) is 15.9 Å². The molecule has 2 nitrogen and oxygen atoms in total. The first-order valence-corrected chi connectivity index (χ1v) is 7.20. The fourth-order valence-electron chi connectivity index (χ4n) is 1.77. The molecule has 2 rings (SSSR count). The van der Waals surface area contributed by atoms with E-state index < -0.39 is 0 Å². The quantitative estimate of drug-likeness (QED) is 0.875. The molecule has 4 heteroatoms. The molecule has 100 valence electrons. The van der Waals surface area contributed by atoms with E-state index in [4.69, 9.17) is 22.1 Å². The highest BCUT2D eigenvalue weighted by molar-refractivity contribution is 9.10. The fraction of sp³-hybridized carbons (Fsp3) is 0.200. The van der Waals surface area contributed by atoms with Crippen molar-refractivity contribution in [3.63, 3.8) is 0 Å². The number of halogens is 2. The largest absolute Gasteiger partial charge is 0.457 e. The van der Waals surface area contributed by atoms with E-state index >= 15 is 0 Å². The van der Waals surface area contributed by atoms with Gasteiger partial charge in [-0.3, -0.25) is 0 Å². The van der Waals surface area contributed by atoms with Gasteiger partial charge < -0.3 is 10.5 Å².